The van der Waals surface area contributed by atoms with Crippen LogP contribution in [0.1, 0.15) is 30.5 Å². The van der Waals surface area contributed by atoms with Gasteiger partial charge in [0.25, 0.3) is 21.8 Å². The zero-order valence-corrected chi connectivity index (χ0v) is 18.4. The van der Waals surface area contributed by atoms with Crippen LogP contribution in [-0.2, 0) is 10.0 Å². The first-order valence-corrected chi connectivity index (χ1v) is 11.4. The van der Waals surface area contributed by atoms with E-state index in [2.05, 4.69) is 15.6 Å². The summed E-state index contributed by atoms with van der Waals surface area (Å²) in [6, 6.07) is 13.4. The molecule has 2 amide bonds. The van der Waals surface area contributed by atoms with Crippen molar-refractivity contribution in [2.75, 3.05) is 4.72 Å². The van der Waals surface area contributed by atoms with Gasteiger partial charge in [-0.05, 0) is 62.4 Å². The Morgan fingerprint density at radius 1 is 0.933 bits per heavy atom. The van der Waals surface area contributed by atoms with Crippen molar-refractivity contribution in [2.24, 2.45) is 0 Å². The minimum atomic E-state index is -3.92. The molecule has 3 rings (SSSR count). The van der Waals surface area contributed by atoms with Gasteiger partial charge in [-0.2, -0.15) is 0 Å². The number of hydrazine groups is 1. The average molecular weight is 464 g/mol. The summed E-state index contributed by atoms with van der Waals surface area (Å²) in [5, 5.41) is 0.478. The maximum absolute atomic E-state index is 12.6. The lowest BCUT2D eigenvalue weighted by atomic mass is 10.2. The number of carbonyl (C=O) groups excluding carboxylic acids is 2. The van der Waals surface area contributed by atoms with E-state index in [1.807, 2.05) is 13.8 Å². The Morgan fingerprint density at radius 2 is 1.60 bits per heavy atom. The summed E-state index contributed by atoms with van der Waals surface area (Å²) < 4.78 is 27.6. The molecule has 0 aliphatic rings. The molecule has 156 valence electrons. The molecule has 0 fully saturated rings. The topological polar surface area (TPSA) is 104 Å². The molecule has 3 aromatic rings. The van der Waals surface area contributed by atoms with Gasteiger partial charge in [-0.3, -0.25) is 25.2 Å². The molecule has 1 heterocycles. The van der Waals surface area contributed by atoms with E-state index in [-0.39, 0.29) is 10.5 Å². The maximum Gasteiger partial charge on any atom is 0.270 e. The number of halogens is 1. The molecule has 10 heteroatoms. The lowest BCUT2D eigenvalue weighted by Gasteiger charge is -2.10. The quantitative estimate of drug-likeness (QED) is 0.499. The zero-order valence-electron chi connectivity index (χ0n) is 16.0. The Hall–Kier alpha value is -2.88. The second-order valence-electron chi connectivity index (χ2n) is 6.38. The Bertz CT molecular complexity index is 1210. The SMILES string of the molecule is Cc1cc(C(=O)NNC(=O)c2cccc(S(=O)(=O)Nc3ccc(Cl)cc3)c2)c(C)s1. The highest BCUT2D eigenvalue weighted by molar-refractivity contribution is 7.92. The second-order valence-corrected chi connectivity index (χ2v) is 9.95. The van der Waals surface area contributed by atoms with E-state index < -0.39 is 21.8 Å². The molecule has 1 aromatic heterocycles. The van der Waals surface area contributed by atoms with Crippen LogP contribution in [0.2, 0.25) is 5.02 Å². The van der Waals surface area contributed by atoms with Gasteiger partial charge >= 0.3 is 0 Å². The molecule has 30 heavy (non-hydrogen) atoms. The summed E-state index contributed by atoms with van der Waals surface area (Å²) in [4.78, 5) is 26.3. The fourth-order valence-electron chi connectivity index (χ4n) is 2.65. The number of thiophene rings is 1. The Morgan fingerprint density at radius 3 is 2.23 bits per heavy atom. The number of amides is 2. The zero-order chi connectivity index (χ0) is 21.9. The van der Waals surface area contributed by atoms with Gasteiger partial charge in [0, 0.05) is 26.0 Å². The van der Waals surface area contributed by atoms with Gasteiger partial charge in [0.2, 0.25) is 0 Å². The number of rotatable bonds is 5. The summed E-state index contributed by atoms with van der Waals surface area (Å²) in [5.41, 5.74) is 5.54. The van der Waals surface area contributed by atoms with E-state index in [1.165, 1.54) is 47.7 Å². The summed E-state index contributed by atoms with van der Waals surface area (Å²) in [6.45, 7) is 3.70. The van der Waals surface area contributed by atoms with Gasteiger partial charge in [-0.25, -0.2) is 8.42 Å². The Labute approximate surface area is 183 Å². The van der Waals surface area contributed by atoms with Crippen molar-refractivity contribution >= 4 is 50.5 Å². The van der Waals surface area contributed by atoms with Gasteiger partial charge in [-0.1, -0.05) is 17.7 Å². The van der Waals surface area contributed by atoms with Crippen molar-refractivity contribution in [1.29, 1.82) is 0 Å². The van der Waals surface area contributed by atoms with E-state index in [0.717, 1.165) is 9.75 Å². The largest absolute Gasteiger partial charge is 0.280 e. The van der Waals surface area contributed by atoms with E-state index in [4.69, 9.17) is 11.6 Å². The van der Waals surface area contributed by atoms with Crippen LogP contribution in [0.3, 0.4) is 0 Å². The van der Waals surface area contributed by atoms with Crippen molar-refractivity contribution < 1.29 is 18.0 Å². The lowest BCUT2D eigenvalue weighted by molar-refractivity contribution is 0.0846. The summed E-state index contributed by atoms with van der Waals surface area (Å²) in [5.74, 6) is -1.09. The first-order chi connectivity index (χ1) is 14.2. The Kier molecular flexibility index (Phi) is 6.45. The average Bonchev–Trinajstić information content (AvgIpc) is 3.05. The van der Waals surface area contributed by atoms with Crippen molar-refractivity contribution in [3.05, 3.63) is 80.5 Å². The van der Waals surface area contributed by atoms with Gasteiger partial charge < -0.3 is 0 Å². The second kappa shape index (κ2) is 8.86. The fraction of sp³-hybridized carbons (Fsp3) is 0.100. The van der Waals surface area contributed by atoms with Crippen LogP contribution < -0.4 is 15.6 Å². The van der Waals surface area contributed by atoms with Crippen LogP contribution in [-0.4, -0.2) is 20.2 Å². The van der Waals surface area contributed by atoms with Crippen LogP contribution in [0, 0.1) is 13.8 Å². The summed E-state index contributed by atoms with van der Waals surface area (Å²) in [6.07, 6.45) is 0. The molecular weight excluding hydrogens is 446 g/mol. The number of sulfonamides is 1. The number of aryl methyl sites for hydroxylation is 2. The van der Waals surface area contributed by atoms with Crippen molar-refractivity contribution in [3.8, 4) is 0 Å². The molecule has 0 unspecified atom stereocenters. The fourth-order valence-corrected chi connectivity index (χ4v) is 4.80. The standard InChI is InChI=1S/C20H18ClN3O4S2/c1-12-10-18(13(2)29-12)20(26)23-22-19(25)14-4-3-5-17(11-14)30(27,28)24-16-8-6-15(21)7-9-16/h3-11,24H,1-2H3,(H,22,25)(H,23,26). The van der Waals surface area contributed by atoms with E-state index >= 15 is 0 Å². The van der Waals surface area contributed by atoms with E-state index in [9.17, 15) is 18.0 Å². The molecule has 3 N–H and O–H groups in total. The smallest absolute Gasteiger partial charge is 0.270 e. The molecule has 0 bridgehead atoms. The minimum Gasteiger partial charge on any atom is -0.280 e. The van der Waals surface area contributed by atoms with E-state index in [1.54, 1.807) is 18.2 Å². The number of carbonyl (C=O) groups is 2. The number of nitrogens with one attached hydrogen (secondary N) is 3. The number of hydrogen-bond acceptors (Lipinski definition) is 5. The molecule has 0 radical (unpaired) electrons. The predicted octanol–water partition coefficient (Wildman–Crippen LogP) is 3.89. The monoisotopic (exact) mass is 463 g/mol. The highest BCUT2D eigenvalue weighted by Gasteiger charge is 2.18. The molecular formula is C20H18ClN3O4S2. The third-order valence-corrected chi connectivity index (χ3v) is 6.67. The number of hydrogen-bond donors (Lipinski definition) is 3. The molecule has 7 nitrogen and oxygen atoms in total. The molecule has 0 saturated carbocycles. The van der Waals surface area contributed by atoms with Crippen molar-refractivity contribution in [1.82, 2.24) is 10.9 Å². The van der Waals surface area contributed by atoms with E-state index in [0.29, 0.717) is 16.3 Å². The van der Waals surface area contributed by atoms with Crippen molar-refractivity contribution in [2.45, 2.75) is 18.7 Å². The first-order valence-electron chi connectivity index (χ1n) is 8.72. The molecule has 0 spiro atoms. The van der Waals surface area contributed by atoms with Crippen LogP contribution in [0.4, 0.5) is 5.69 Å². The van der Waals surface area contributed by atoms with Gasteiger partial charge in [0.05, 0.1) is 10.5 Å². The molecule has 0 aliphatic heterocycles. The van der Waals surface area contributed by atoms with Crippen LogP contribution in [0.25, 0.3) is 0 Å². The molecule has 2 aromatic carbocycles. The predicted molar refractivity (Wildman–Crippen MR) is 117 cm³/mol. The molecule has 0 atom stereocenters. The van der Waals surface area contributed by atoms with Gasteiger partial charge in [0.15, 0.2) is 0 Å². The number of anilines is 1. The van der Waals surface area contributed by atoms with Crippen LogP contribution in [0.5, 0.6) is 0 Å². The van der Waals surface area contributed by atoms with Crippen molar-refractivity contribution in [3.63, 3.8) is 0 Å². The third kappa shape index (κ3) is 5.18. The minimum absolute atomic E-state index is 0.0764. The van der Waals surface area contributed by atoms with Crippen LogP contribution >= 0.6 is 22.9 Å². The van der Waals surface area contributed by atoms with Gasteiger partial charge in [-0.15, -0.1) is 11.3 Å². The summed E-state index contributed by atoms with van der Waals surface area (Å²) in [7, 11) is -3.92. The maximum atomic E-state index is 12.6. The summed E-state index contributed by atoms with van der Waals surface area (Å²) >= 11 is 7.29. The van der Waals surface area contributed by atoms with Gasteiger partial charge in [0.1, 0.15) is 0 Å². The molecule has 0 aliphatic carbocycles. The first kappa shape index (κ1) is 21.8. The lowest BCUT2D eigenvalue weighted by Crippen LogP contribution is -2.41. The normalized spacial score (nSPS) is 11.0. The number of benzene rings is 2. The highest BCUT2D eigenvalue weighted by Crippen LogP contribution is 2.21. The highest BCUT2D eigenvalue weighted by atomic mass is 35.5. The molecule has 0 saturated heterocycles. The van der Waals surface area contributed by atoms with Crippen LogP contribution in [0.15, 0.2) is 59.5 Å². The third-order valence-electron chi connectivity index (χ3n) is 4.08. The Balaban J connectivity index is 1.71.